The summed E-state index contributed by atoms with van der Waals surface area (Å²) >= 11 is 0.310. The van der Waals surface area contributed by atoms with Gasteiger partial charge in [-0.2, -0.15) is 0 Å². The van der Waals surface area contributed by atoms with Gasteiger partial charge in [-0.25, -0.2) is 0 Å². The fourth-order valence-corrected chi connectivity index (χ4v) is 3.49. The van der Waals surface area contributed by atoms with Crippen LogP contribution in [-0.4, -0.2) is 56.9 Å². The fourth-order valence-electron chi connectivity index (χ4n) is 0.581. The number of nitrogens with one attached hydrogen (secondary N) is 1. The average Bonchev–Trinajstić information content (AvgIpc) is 2.05. The van der Waals surface area contributed by atoms with E-state index in [9.17, 15) is 9.59 Å². The summed E-state index contributed by atoms with van der Waals surface area (Å²) in [6.07, 6.45) is -0.0208. The van der Waals surface area contributed by atoms with Crippen LogP contribution in [0.2, 0.25) is 11.6 Å². The van der Waals surface area contributed by atoms with Gasteiger partial charge in [-0.3, -0.25) is 0 Å². The summed E-state index contributed by atoms with van der Waals surface area (Å²) in [6, 6.07) is -0.147. The van der Waals surface area contributed by atoms with Crippen LogP contribution in [0.3, 0.4) is 0 Å². The summed E-state index contributed by atoms with van der Waals surface area (Å²) in [5, 5.41) is 10.9. The van der Waals surface area contributed by atoms with Gasteiger partial charge in [0.1, 0.15) is 0 Å². The molecule has 0 aliphatic carbocycles. The predicted octanol–water partition coefficient (Wildman–Crippen LogP) is -0.193. The summed E-state index contributed by atoms with van der Waals surface area (Å²) < 4.78 is 1.72. The number of hydrogen-bond acceptors (Lipinski definition) is 2. The zero-order chi connectivity index (χ0) is 10.3. The van der Waals surface area contributed by atoms with Gasteiger partial charge in [-0.15, -0.1) is 0 Å². The van der Waals surface area contributed by atoms with Crippen LogP contribution in [-0.2, 0) is 4.79 Å². The van der Waals surface area contributed by atoms with E-state index in [0.717, 1.165) is 0 Å². The van der Waals surface area contributed by atoms with Gasteiger partial charge in [-0.05, 0) is 0 Å². The second-order valence-electron chi connectivity index (χ2n) is 2.00. The zero-order valence-corrected chi connectivity index (χ0v) is 10.9. The Labute approximate surface area is 90.0 Å². The molecule has 76 valence electrons. The molecular weight excluding hydrogens is 306 g/mol. The van der Waals surface area contributed by atoms with Crippen LogP contribution in [0.4, 0.5) is 4.79 Å². The number of carbonyl (C=O) groups is 2. The molecule has 0 fully saturated rings. The van der Waals surface area contributed by atoms with Crippen molar-refractivity contribution in [2.75, 3.05) is 6.54 Å². The molecule has 0 bridgehead atoms. The second kappa shape index (κ2) is 7.21. The van der Waals surface area contributed by atoms with Crippen molar-refractivity contribution in [1.82, 2.24) is 8.25 Å². The van der Waals surface area contributed by atoms with E-state index in [1.54, 1.807) is 2.93 Å². The SMILES string of the molecule is C[Se]N([Se]C)C(=O)NCCC(=O)O. The van der Waals surface area contributed by atoms with Gasteiger partial charge in [0.05, 0.1) is 0 Å². The normalized spacial score (nSPS) is 9.38. The molecule has 5 nitrogen and oxygen atoms in total. The Morgan fingerprint density at radius 1 is 1.38 bits per heavy atom. The molecule has 0 aromatic carbocycles. The number of hydrogen-bond donors (Lipinski definition) is 2. The molecule has 7 heteroatoms. The van der Waals surface area contributed by atoms with Crippen molar-refractivity contribution in [2.24, 2.45) is 0 Å². The second-order valence-corrected chi connectivity index (χ2v) is 6.23. The molecule has 2 amide bonds. The number of nitrogens with zero attached hydrogens (tertiary/aromatic N) is 1. The van der Waals surface area contributed by atoms with Gasteiger partial charge < -0.3 is 0 Å². The van der Waals surface area contributed by atoms with E-state index in [1.807, 2.05) is 11.6 Å². The van der Waals surface area contributed by atoms with Crippen molar-refractivity contribution in [2.45, 2.75) is 18.1 Å². The topological polar surface area (TPSA) is 69.6 Å². The molecule has 0 saturated carbocycles. The van der Waals surface area contributed by atoms with Crippen LogP contribution in [0.1, 0.15) is 6.42 Å². The third-order valence-electron chi connectivity index (χ3n) is 1.11. The summed E-state index contributed by atoms with van der Waals surface area (Å²) in [7, 11) is 0. The monoisotopic (exact) mass is 320 g/mol. The number of carbonyl (C=O) groups excluding carboxylic acids is 1. The molecular formula is C6H12N2O3Se2. The maximum absolute atomic E-state index is 11.2. The van der Waals surface area contributed by atoms with Gasteiger partial charge in [0, 0.05) is 0 Å². The molecule has 0 saturated heterocycles. The minimum absolute atomic E-state index is 0.0208. The van der Waals surface area contributed by atoms with E-state index in [1.165, 1.54) is 0 Å². The van der Waals surface area contributed by atoms with E-state index in [4.69, 9.17) is 5.11 Å². The zero-order valence-electron chi connectivity index (χ0n) is 7.44. The quantitative estimate of drug-likeness (QED) is 0.690. The Balaban J connectivity index is 3.66. The summed E-state index contributed by atoms with van der Waals surface area (Å²) in [5.41, 5.74) is 0. The average molecular weight is 318 g/mol. The molecule has 0 aliphatic heterocycles. The number of rotatable bonds is 5. The van der Waals surface area contributed by atoms with Crippen molar-refractivity contribution >= 4 is 42.4 Å². The van der Waals surface area contributed by atoms with Crippen molar-refractivity contribution in [1.29, 1.82) is 0 Å². The molecule has 0 unspecified atom stereocenters. The van der Waals surface area contributed by atoms with Crippen molar-refractivity contribution < 1.29 is 14.7 Å². The van der Waals surface area contributed by atoms with Crippen LogP contribution in [0.15, 0.2) is 0 Å². The third kappa shape index (κ3) is 5.93. The molecule has 0 aromatic heterocycles. The number of carboxylic acid groups (broad SMARTS) is 1. The maximum atomic E-state index is 11.2. The summed E-state index contributed by atoms with van der Waals surface area (Å²) in [5.74, 6) is 3.01. The number of urea groups is 1. The Morgan fingerprint density at radius 2 is 1.92 bits per heavy atom. The number of carboxylic acids is 1. The summed E-state index contributed by atoms with van der Waals surface area (Å²) in [6.45, 7) is 0.205. The van der Waals surface area contributed by atoms with E-state index < -0.39 is 5.97 Å². The van der Waals surface area contributed by atoms with Gasteiger partial charge in [-0.1, -0.05) is 0 Å². The first kappa shape index (κ1) is 12.8. The van der Waals surface area contributed by atoms with Gasteiger partial charge >= 0.3 is 89.9 Å². The molecule has 0 rings (SSSR count). The first-order chi connectivity index (χ1) is 6.11. The van der Waals surface area contributed by atoms with Crippen molar-refractivity contribution in [3.8, 4) is 0 Å². The van der Waals surface area contributed by atoms with E-state index >= 15 is 0 Å². The number of aliphatic carboxylic acids is 1. The Hall–Kier alpha value is -0.221. The van der Waals surface area contributed by atoms with Crippen molar-refractivity contribution in [3.63, 3.8) is 0 Å². The van der Waals surface area contributed by atoms with Crippen LogP contribution in [0.25, 0.3) is 0 Å². The number of amides is 2. The Morgan fingerprint density at radius 3 is 2.31 bits per heavy atom. The first-order valence-corrected chi connectivity index (χ1v) is 8.45. The molecule has 0 atom stereocenters. The van der Waals surface area contributed by atoms with Crippen molar-refractivity contribution in [3.05, 3.63) is 0 Å². The van der Waals surface area contributed by atoms with Gasteiger partial charge in [0.15, 0.2) is 0 Å². The fraction of sp³-hybridized carbons (Fsp3) is 0.667. The van der Waals surface area contributed by atoms with E-state index in [0.29, 0.717) is 0 Å². The molecule has 0 spiro atoms. The van der Waals surface area contributed by atoms with E-state index in [-0.39, 0.29) is 49.3 Å². The van der Waals surface area contributed by atoms with Crippen LogP contribution >= 0.6 is 0 Å². The van der Waals surface area contributed by atoms with E-state index in [2.05, 4.69) is 5.32 Å². The Bertz CT molecular complexity index is 185. The standard InChI is InChI=1S/C6H12N2O3Se2/c1-12-8(13-2)6(11)7-4-3-5(9)10/h3-4H2,1-2H3,(H,7,11)(H,9,10). The van der Waals surface area contributed by atoms with Gasteiger partial charge in [0.2, 0.25) is 0 Å². The molecule has 0 aromatic rings. The molecule has 0 aliphatic rings. The first-order valence-electron chi connectivity index (χ1n) is 3.49. The molecule has 2 N–H and O–H groups in total. The van der Waals surface area contributed by atoms with Crippen LogP contribution in [0.5, 0.6) is 0 Å². The third-order valence-corrected chi connectivity index (χ3v) is 6.45. The van der Waals surface area contributed by atoms with Crippen LogP contribution < -0.4 is 5.32 Å². The van der Waals surface area contributed by atoms with Crippen LogP contribution in [0, 0.1) is 0 Å². The molecule has 0 radical (unpaired) electrons. The molecule has 13 heavy (non-hydrogen) atoms. The summed E-state index contributed by atoms with van der Waals surface area (Å²) in [4.78, 5) is 21.4. The Kier molecular flexibility index (Phi) is 7.09. The minimum atomic E-state index is -0.893. The predicted molar refractivity (Wildman–Crippen MR) is 50.7 cm³/mol. The molecule has 0 heterocycles. The van der Waals surface area contributed by atoms with Gasteiger partial charge in [0.25, 0.3) is 0 Å².